The zero-order valence-electron chi connectivity index (χ0n) is 42.0. The van der Waals surface area contributed by atoms with Gasteiger partial charge in [-0.05, 0) is 116 Å². The molecule has 3 heteroatoms. The Kier molecular flexibility index (Phi) is 8.69. The van der Waals surface area contributed by atoms with E-state index in [0.717, 1.165) is 22.7 Å². The molecule has 358 valence electrons. The minimum atomic E-state index is -0.616. The van der Waals surface area contributed by atoms with Crippen molar-refractivity contribution in [1.29, 1.82) is 0 Å². The minimum Gasteiger partial charge on any atom is -0.309 e. The third kappa shape index (κ3) is 5.40. The van der Waals surface area contributed by atoms with E-state index < -0.39 is 10.8 Å². The zero-order valence-corrected chi connectivity index (χ0v) is 42.0. The van der Waals surface area contributed by atoms with Crippen molar-refractivity contribution in [3.05, 3.63) is 330 Å². The fourth-order valence-electron chi connectivity index (χ4n) is 14.8. The average Bonchev–Trinajstić information content (AvgIpc) is 4.24. The Labute approximate surface area is 446 Å². The summed E-state index contributed by atoms with van der Waals surface area (Å²) in [5.41, 5.74) is 24.6. The maximum Gasteiger partial charge on any atom is 0.0755 e. The maximum atomic E-state index is 2.60. The highest BCUT2D eigenvalue weighted by Crippen LogP contribution is 2.65. The van der Waals surface area contributed by atoms with Gasteiger partial charge in [-0.25, -0.2) is 0 Å². The third-order valence-electron chi connectivity index (χ3n) is 17.6. The molecule has 1 unspecified atom stereocenters. The first-order valence-electron chi connectivity index (χ1n) is 26.9. The average molecular weight is 978 g/mol. The van der Waals surface area contributed by atoms with Crippen molar-refractivity contribution >= 4 is 60.7 Å². The SMILES string of the molecule is c1ccc(C2(c3ccccc3)c3ccccc3-c3c(N(c4ccc(-n5c6ccccc6c6ccccc65)cc4)c4cccc5c4-c4ccccc4C54c5ccccc5-n5c6ccccc6c6cccc4c65)cccc32)cc1. The van der Waals surface area contributed by atoms with Crippen molar-refractivity contribution in [3.8, 4) is 33.6 Å². The highest BCUT2D eigenvalue weighted by atomic mass is 15.2. The maximum absolute atomic E-state index is 2.60. The summed E-state index contributed by atoms with van der Waals surface area (Å²) in [5.74, 6) is 0. The summed E-state index contributed by atoms with van der Waals surface area (Å²) in [6, 6.07) is 107. The Hall–Kier alpha value is -9.96. The van der Waals surface area contributed by atoms with E-state index in [-0.39, 0.29) is 0 Å². The van der Waals surface area contributed by atoms with Gasteiger partial charge in [0.2, 0.25) is 0 Å². The summed E-state index contributed by atoms with van der Waals surface area (Å²) in [6.45, 7) is 0. The van der Waals surface area contributed by atoms with E-state index in [1.54, 1.807) is 0 Å². The van der Waals surface area contributed by atoms with E-state index in [1.165, 1.54) is 116 Å². The summed E-state index contributed by atoms with van der Waals surface area (Å²) >= 11 is 0. The van der Waals surface area contributed by atoms with Gasteiger partial charge in [-0.2, -0.15) is 0 Å². The lowest BCUT2D eigenvalue weighted by Gasteiger charge is -2.39. The van der Waals surface area contributed by atoms with Crippen LogP contribution < -0.4 is 4.90 Å². The normalized spacial score (nSPS) is 15.2. The van der Waals surface area contributed by atoms with E-state index in [2.05, 4.69) is 299 Å². The molecule has 0 saturated carbocycles. The predicted molar refractivity (Wildman–Crippen MR) is 318 cm³/mol. The first-order valence-corrected chi connectivity index (χ1v) is 26.9. The molecule has 0 fully saturated rings. The lowest BCUT2D eigenvalue weighted by Crippen LogP contribution is -2.33. The first-order chi connectivity index (χ1) is 38.3. The molecule has 14 aromatic rings. The van der Waals surface area contributed by atoms with Gasteiger partial charge in [-0.1, -0.05) is 224 Å². The number of aromatic nitrogens is 2. The standard InChI is InChI=1S/C74H47N3/c1-3-22-48(23-4-1)73(49-24-5-2-6-25-49)58-32-12-7-29-56(58)70-61(73)35-20-42-68(70)76(51-46-44-50(45-47-51)75-64-38-15-9-26-52(64)53-27-10-16-39-65(53)75)69-43-21-36-62-71(69)57-30-8-13-33-59(57)74(62)60-34-14-18-41-67(60)77-66-40-17-11-28-54(66)55-31-19-37-63(74)72(55)77/h1-47H. The van der Waals surface area contributed by atoms with Crippen LogP contribution in [0, 0.1) is 0 Å². The first kappa shape index (κ1) is 42.4. The second-order valence-electron chi connectivity index (χ2n) is 21.0. The van der Waals surface area contributed by atoms with Crippen LogP contribution in [0.2, 0.25) is 0 Å². The molecule has 0 N–H and O–H groups in total. The monoisotopic (exact) mass is 977 g/mol. The number of anilines is 3. The van der Waals surface area contributed by atoms with Gasteiger partial charge < -0.3 is 14.0 Å². The summed E-state index contributed by atoms with van der Waals surface area (Å²) in [4.78, 5) is 2.60. The van der Waals surface area contributed by atoms with Gasteiger partial charge in [-0.15, -0.1) is 0 Å². The Bertz CT molecular complexity index is 4660. The minimum absolute atomic E-state index is 0.575. The Morgan fingerprint density at radius 3 is 1.29 bits per heavy atom. The van der Waals surface area contributed by atoms with Crippen molar-refractivity contribution in [2.75, 3.05) is 4.90 Å². The number of benzene rings is 12. The van der Waals surface area contributed by atoms with Crippen LogP contribution in [-0.2, 0) is 10.8 Å². The van der Waals surface area contributed by atoms with Crippen LogP contribution in [0.15, 0.2) is 285 Å². The fourth-order valence-corrected chi connectivity index (χ4v) is 14.8. The number of hydrogen-bond donors (Lipinski definition) is 0. The van der Waals surface area contributed by atoms with Crippen molar-refractivity contribution < 1.29 is 0 Å². The topological polar surface area (TPSA) is 13.1 Å². The predicted octanol–water partition coefficient (Wildman–Crippen LogP) is 18.4. The molecule has 3 aliphatic rings. The van der Waals surface area contributed by atoms with E-state index in [1.807, 2.05) is 0 Å². The van der Waals surface area contributed by atoms with Gasteiger partial charge in [0.1, 0.15) is 0 Å². The Morgan fingerprint density at radius 1 is 0.273 bits per heavy atom. The smallest absolute Gasteiger partial charge is 0.0755 e. The molecule has 1 atom stereocenters. The summed E-state index contributed by atoms with van der Waals surface area (Å²) in [5, 5.41) is 5.05. The molecule has 1 spiro atoms. The van der Waals surface area contributed by atoms with Gasteiger partial charge in [0, 0.05) is 44.0 Å². The molecular formula is C74H47N3. The lowest BCUT2D eigenvalue weighted by atomic mass is 9.65. The van der Waals surface area contributed by atoms with Crippen LogP contribution >= 0.6 is 0 Å². The van der Waals surface area contributed by atoms with Crippen LogP contribution in [0.4, 0.5) is 17.1 Å². The summed E-state index contributed by atoms with van der Waals surface area (Å²) in [6.07, 6.45) is 0. The van der Waals surface area contributed by atoms with Crippen LogP contribution in [0.5, 0.6) is 0 Å². The lowest BCUT2D eigenvalue weighted by molar-refractivity contribution is 0.748. The summed E-state index contributed by atoms with van der Waals surface area (Å²) in [7, 11) is 0. The molecule has 12 aromatic carbocycles. The molecule has 2 aliphatic carbocycles. The molecule has 0 amide bonds. The molecule has 2 aromatic heterocycles. The Morgan fingerprint density at radius 2 is 0.688 bits per heavy atom. The van der Waals surface area contributed by atoms with Crippen molar-refractivity contribution in [2.24, 2.45) is 0 Å². The van der Waals surface area contributed by atoms with Gasteiger partial charge >= 0.3 is 0 Å². The fraction of sp³-hybridized carbons (Fsp3) is 0.0270. The number of fused-ring (bicyclic) bond motifs is 18. The number of hydrogen-bond acceptors (Lipinski definition) is 1. The molecule has 17 rings (SSSR count). The molecule has 3 heterocycles. The van der Waals surface area contributed by atoms with Gasteiger partial charge in [0.05, 0.1) is 50.0 Å². The van der Waals surface area contributed by atoms with Gasteiger partial charge in [0.25, 0.3) is 0 Å². The highest BCUT2D eigenvalue weighted by molar-refractivity contribution is 6.14. The van der Waals surface area contributed by atoms with Crippen molar-refractivity contribution in [3.63, 3.8) is 0 Å². The second-order valence-corrected chi connectivity index (χ2v) is 21.0. The van der Waals surface area contributed by atoms with Crippen molar-refractivity contribution in [2.45, 2.75) is 10.8 Å². The van der Waals surface area contributed by atoms with Gasteiger partial charge in [-0.3, -0.25) is 0 Å². The third-order valence-corrected chi connectivity index (χ3v) is 17.6. The molecule has 0 radical (unpaired) electrons. The largest absolute Gasteiger partial charge is 0.309 e. The molecule has 0 saturated heterocycles. The highest BCUT2D eigenvalue weighted by Gasteiger charge is 2.52. The summed E-state index contributed by atoms with van der Waals surface area (Å²) < 4.78 is 4.95. The molecule has 1 aliphatic heterocycles. The van der Waals surface area contributed by atoms with E-state index in [4.69, 9.17) is 0 Å². The molecule has 0 bridgehead atoms. The van der Waals surface area contributed by atoms with E-state index in [9.17, 15) is 0 Å². The Balaban J connectivity index is 0.979. The van der Waals surface area contributed by atoms with E-state index >= 15 is 0 Å². The van der Waals surface area contributed by atoms with Gasteiger partial charge in [0.15, 0.2) is 0 Å². The second kappa shape index (κ2) is 15.8. The number of para-hydroxylation sites is 5. The van der Waals surface area contributed by atoms with Crippen molar-refractivity contribution in [1.82, 2.24) is 9.13 Å². The molecular weight excluding hydrogens is 931 g/mol. The zero-order chi connectivity index (χ0) is 50.4. The van der Waals surface area contributed by atoms with Crippen LogP contribution in [0.3, 0.4) is 0 Å². The molecule has 77 heavy (non-hydrogen) atoms. The quantitative estimate of drug-likeness (QED) is 0.162. The number of rotatable bonds is 6. The van der Waals surface area contributed by atoms with E-state index in [0.29, 0.717) is 0 Å². The number of nitrogens with zero attached hydrogens (tertiary/aromatic N) is 3. The van der Waals surface area contributed by atoms with Crippen LogP contribution in [0.1, 0.15) is 44.5 Å². The van der Waals surface area contributed by atoms with Crippen LogP contribution in [0.25, 0.3) is 77.2 Å². The van der Waals surface area contributed by atoms with Crippen LogP contribution in [-0.4, -0.2) is 9.13 Å². The molecule has 3 nitrogen and oxygen atoms in total.